The molecule has 0 aliphatic carbocycles. The summed E-state index contributed by atoms with van der Waals surface area (Å²) in [5, 5.41) is 13.9. The average Bonchev–Trinajstić information content (AvgIpc) is 2.75. The van der Waals surface area contributed by atoms with Gasteiger partial charge in [-0.25, -0.2) is 0 Å². The highest BCUT2D eigenvalue weighted by molar-refractivity contribution is 6.35. The highest BCUT2D eigenvalue weighted by atomic mass is 35.5. The number of rotatable bonds is 6. The number of nitrogens with one attached hydrogen (secondary N) is 1. The summed E-state index contributed by atoms with van der Waals surface area (Å²) in [5.41, 5.74) is 0. The topological polar surface area (TPSA) is 61.8 Å². The minimum Gasteiger partial charge on any atom is -0.489 e. The lowest BCUT2D eigenvalue weighted by atomic mass is 10.2. The number of likely N-dealkylation sites (tertiary alicyclic amines) is 1. The van der Waals surface area contributed by atoms with E-state index >= 15 is 0 Å². The molecule has 1 aliphatic heterocycles. The lowest BCUT2D eigenvalue weighted by molar-refractivity contribution is -0.128. The van der Waals surface area contributed by atoms with E-state index in [1.165, 1.54) is 0 Å². The zero-order chi connectivity index (χ0) is 15.4. The number of benzene rings is 1. The van der Waals surface area contributed by atoms with E-state index < -0.39 is 6.10 Å². The Morgan fingerprint density at radius 2 is 2.29 bits per heavy atom. The smallest absolute Gasteiger partial charge is 0.239 e. The molecule has 2 N–H and O–H groups in total. The molecule has 1 heterocycles. The molecule has 1 aliphatic rings. The highest BCUT2D eigenvalue weighted by Gasteiger charge is 2.28. The SMILES string of the molecule is CN1CCC(NCC(O)COc2ccc(Cl)cc2Cl)C1=O. The quantitative estimate of drug-likeness (QED) is 0.829. The maximum absolute atomic E-state index is 11.7. The Hall–Kier alpha value is -1.01. The van der Waals surface area contributed by atoms with Gasteiger partial charge in [0.1, 0.15) is 18.5 Å². The highest BCUT2D eigenvalue weighted by Crippen LogP contribution is 2.27. The lowest BCUT2D eigenvalue weighted by Crippen LogP contribution is -2.42. The van der Waals surface area contributed by atoms with Gasteiger partial charge < -0.3 is 20.1 Å². The number of hydrogen-bond acceptors (Lipinski definition) is 4. The molecule has 5 nitrogen and oxygen atoms in total. The molecule has 21 heavy (non-hydrogen) atoms. The first kappa shape index (κ1) is 16.4. The summed E-state index contributed by atoms with van der Waals surface area (Å²) in [7, 11) is 1.77. The van der Waals surface area contributed by atoms with Crippen LogP contribution in [0.5, 0.6) is 5.75 Å². The normalized spacial score (nSPS) is 19.9. The van der Waals surface area contributed by atoms with Gasteiger partial charge in [0.25, 0.3) is 0 Å². The summed E-state index contributed by atoms with van der Waals surface area (Å²) >= 11 is 11.8. The molecule has 0 aromatic heterocycles. The number of aliphatic hydroxyl groups is 1. The van der Waals surface area contributed by atoms with Crippen LogP contribution in [-0.2, 0) is 4.79 Å². The molecule has 7 heteroatoms. The summed E-state index contributed by atoms with van der Waals surface area (Å²) < 4.78 is 5.44. The van der Waals surface area contributed by atoms with Gasteiger partial charge in [-0.2, -0.15) is 0 Å². The number of amides is 1. The molecule has 1 aromatic carbocycles. The molecular weight excluding hydrogens is 315 g/mol. The van der Waals surface area contributed by atoms with E-state index in [0.29, 0.717) is 15.8 Å². The molecular formula is C14H18Cl2N2O3. The fourth-order valence-electron chi connectivity index (χ4n) is 2.13. The second-order valence-electron chi connectivity index (χ2n) is 5.05. The van der Waals surface area contributed by atoms with Crippen LogP contribution in [0.3, 0.4) is 0 Å². The standard InChI is InChI=1S/C14H18Cl2N2O3/c1-18-5-4-12(14(18)20)17-7-10(19)8-21-13-3-2-9(15)6-11(13)16/h2-3,6,10,12,17,19H,4-5,7-8H2,1H3. The minimum absolute atomic E-state index is 0.0591. The van der Waals surface area contributed by atoms with Crippen LogP contribution < -0.4 is 10.1 Å². The molecule has 0 spiro atoms. The number of halogens is 2. The van der Waals surface area contributed by atoms with Gasteiger partial charge in [0.2, 0.25) is 5.91 Å². The van der Waals surface area contributed by atoms with Crippen molar-refractivity contribution in [1.29, 1.82) is 0 Å². The Morgan fingerprint density at radius 3 is 2.90 bits per heavy atom. The summed E-state index contributed by atoms with van der Waals surface area (Å²) in [6.45, 7) is 1.12. The lowest BCUT2D eigenvalue weighted by Gasteiger charge is -2.16. The van der Waals surface area contributed by atoms with Gasteiger partial charge in [0.05, 0.1) is 11.1 Å². The Bertz CT molecular complexity index is 513. The van der Waals surface area contributed by atoms with Crippen molar-refractivity contribution in [2.45, 2.75) is 18.6 Å². The molecule has 1 saturated heterocycles. The average molecular weight is 333 g/mol. The van der Waals surface area contributed by atoms with Gasteiger partial charge in [-0.15, -0.1) is 0 Å². The fraction of sp³-hybridized carbons (Fsp3) is 0.500. The molecule has 116 valence electrons. The van der Waals surface area contributed by atoms with Crippen molar-refractivity contribution in [3.8, 4) is 5.75 Å². The van der Waals surface area contributed by atoms with Crippen LogP contribution in [0.2, 0.25) is 10.0 Å². The number of carbonyl (C=O) groups excluding carboxylic acids is 1. The van der Waals surface area contributed by atoms with Crippen molar-refractivity contribution in [3.05, 3.63) is 28.2 Å². The van der Waals surface area contributed by atoms with E-state index in [9.17, 15) is 9.90 Å². The van der Waals surface area contributed by atoms with E-state index in [1.54, 1.807) is 30.1 Å². The second-order valence-corrected chi connectivity index (χ2v) is 5.89. The number of aliphatic hydroxyl groups excluding tert-OH is 1. The Kier molecular flexibility index (Phi) is 5.70. The molecule has 2 rings (SSSR count). The third-order valence-corrected chi connectivity index (χ3v) is 3.88. The van der Waals surface area contributed by atoms with Crippen molar-refractivity contribution in [2.24, 2.45) is 0 Å². The second kappa shape index (κ2) is 7.31. The maximum Gasteiger partial charge on any atom is 0.239 e. The van der Waals surface area contributed by atoms with Gasteiger partial charge in [0.15, 0.2) is 0 Å². The zero-order valence-corrected chi connectivity index (χ0v) is 13.2. The first-order valence-electron chi connectivity index (χ1n) is 6.71. The van der Waals surface area contributed by atoms with Gasteiger partial charge in [-0.3, -0.25) is 4.79 Å². The summed E-state index contributed by atoms with van der Waals surface area (Å²) in [6, 6.07) is 4.68. The molecule has 1 fully saturated rings. The summed E-state index contributed by atoms with van der Waals surface area (Å²) in [6.07, 6.45) is 0.0294. The van der Waals surface area contributed by atoms with Crippen molar-refractivity contribution in [2.75, 3.05) is 26.7 Å². The molecule has 0 saturated carbocycles. The number of likely N-dealkylation sites (N-methyl/N-ethyl adjacent to an activating group) is 1. The first-order valence-corrected chi connectivity index (χ1v) is 7.47. The van der Waals surface area contributed by atoms with Crippen LogP contribution in [0.1, 0.15) is 6.42 Å². The third-order valence-electron chi connectivity index (χ3n) is 3.35. The minimum atomic E-state index is -0.726. The van der Waals surface area contributed by atoms with Crippen LogP contribution in [0, 0.1) is 0 Å². The fourth-order valence-corrected chi connectivity index (χ4v) is 2.59. The monoisotopic (exact) mass is 332 g/mol. The van der Waals surface area contributed by atoms with Crippen molar-refractivity contribution in [1.82, 2.24) is 10.2 Å². The maximum atomic E-state index is 11.7. The van der Waals surface area contributed by atoms with Gasteiger partial charge in [-0.1, -0.05) is 23.2 Å². The van der Waals surface area contributed by atoms with Gasteiger partial charge >= 0.3 is 0 Å². The van der Waals surface area contributed by atoms with Crippen LogP contribution in [0.25, 0.3) is 0 Å². The van der Waals surface area contributed by atoms with Crippen LogP contribution in [-0.4, -0.2) is 54.8 Å². The van der Waals surface area contributed by atoms with E-state index in [4.69, 9.17) is 27.9 Å². The van der Waals surface area contributed by atoms with Crippen molar-refractivity contribution in [3.63, 3.8) is 0 Å². The Morgan fingerprint density at radius 1 is 1.52 bits per heavy atom. The predicted octanol–water partition coefficient (Wildman–Crippen LogP) is 1.55. The molecule has 0 bridgehead atoms. The van der Waals surface area contributed by atoms with Crippen LogP contribution in [0.15, 0.2) is 18.2 Å². The summed E-state index contributed by atoms with van der Waals surface area (Å²) in [5.74, 6) is 0.528. The van der Waals surface area contributed by atoms with E-state index in [1.807, 2.05) is 0 Å². The molecule has 1 amide bonds. The molecule has 2 unspecified atom stereocenters. The van der Waals surface area contributed by atoms with E-state index in [2.05, 4.69) is 5.32 Å². The van der Waals surface area contributed by atoms with Crippen LogP contribution >= 0.6 is 23.2 Å². The van der Waals surface area contributed by atoms with Gasteiger partial charge in [0, 0.05) is 25.2 Å². The number of hydrogen-bond donors (Lipinski definition) is 2. The largest absolute Gasteiger partial charge is 0.489 e. The predicted molar refractivity (Wildman–Crippen MR) is 82.0 cm³/mol. The number of nitrogens with zero attached hydrogens (tertiary/aromatic N) is 1. The first-order chi connectivity index (χ1) is 9.97. The van der Waals surface area contributed by atoms with Crippen molar-refractivity contribution < 1.29 is 14.6 Å². The van der Waals surface area contributed by atoms with Gasteiger partial charge in [-0.05, 0) is 24.6 Å². The number of ether oxygens (including phenoxy) is 1. The number of carbonyl (C=O) groups is 1. The Balaban J connectivity index is 1.75. The molecule has 2 atom stereocenters. The molecule has 0 radical (unpaired) electrons. The summed E-state index contributed by atoms with van der Waals surface area (Å²) in [4.78, 5) is 13.4. The Labute approximate surface area is 133 Å². The van der Waals surface area contributed by atoms with Crippen LogP contribution in [0.4, 0.5) is 0 Å². The zero-order valence-electron chi connectivity index (χ0n) is 11.7. The molecule has 1 aromatic rings. The van der Waals surface area contributed by atoms with E-state index in [0.717, 1.165) is 13.0 Å². The van der Waals surface area contributed by atoms with E-state index in [-0.39, 0.29) is 25.1 Å². The van der Waals surface area contributed by atoms with Crippen molar-refractivity contribution >= 4 is 29.1 Å². The third kappa shape index (κ3) is 4.48.